The molecule has 1 aromatic carbocycles. The number of nitrogens with one attached hydrogen (secondary N) is 1. The van der Waals surface area contributed by atoms with Crippen molar-refractivity contribution in [3.05, 3.63) is 24.3 Å². The SMILES string of the molecule is CC(C)(CC(N)=O)Nc1ccc(S(=O)(=O)C(F)(F)F)cc1. The van der Waals surface area contributed by atoms with E-state index in [2.05, 4.69) is 5.32 Å². The van der Waals surface area contributed by atoms with E-state index < -0.39 is 31.7 Å². The summed E-state index contributed by atoms with van der Waals surface area (Å²) in [4.78, 5) is 10.0. The maximum atomic E-state index is 12.4. The minimum Gasteiger partial charge on any atom is -0.380 e. The first-order valence-electron chi connectivity index (χ1n) is 5.83. The Hall–Kier alpha value is -1.77. The number of benzene rings is 1. The van der Waals surface area contributed by atoms with Crippen LogP contribution >= 0.6 is 0 Å². The molecular weight excluding hydrogens is 309 g/mol. The van der Waals surface area contributed by atoms with Gasteiger partial charge in [-0.15, -0.1) is 0 Å². The van der Waals surface area contributed by atoms with Gasteiger partial charge in [0, 0.05) is 17.6 Å². The van der Waals surface area contributed by atoms with Gasteiger partial charge in [0.1, 0.15) is 0 Å². The molecule has 0 aliphatic heterocycles. The van der Waals surface area contributed by atoms with Crippen LogP contribution in [0.15, 0.2) is 29.2 Å². The highest BCUT2D eigenvalue weighted by Crippen LogP contribution is 2.31. The first-order valence-corrected chi connectivity index (χ1v) is 7.31. The Morgan fingerprint density at radius 3 is 2.05 bits per heavy atom. The van der Waals surface area contributed by atoms with E-state index in [1.54, 1.807) is 13.8 Å². The smallest absolute Gasteiger partial charge is 0.380 e. The zero-order chi connectivity index (χ0) is 16.5. The van der Waals surface area contributed by atoms with Crippen LogP contribution < -0.4 is 11.1 Å². The molecule has 0 radical (unpaired) electrons. The Kier molecular flexibility index (Phi) is 4.57. The third-order valence-electron chi connectivity index (χ3n) is 2.57. The van der Waals surface area contributed by atoms with Crippen molar-refractivity contribution in [2.45, 2.75) is 36.2 Å². The average Bonchev–Trinajstić information content (AvgIpc) is 2.25. The fraction of sp³-hybridized carbons (Fsp3) is 0.417. The Bertz CT molecular complexity index is 622. The molecule has 0 bridgehead atoms. The molecule has 1 amide bonds. The molecule has 0 heterocycles. The molecule has 0 saturated carbocycles. The van der Waals surface area contributed by atoms with Gasteiger partial charge in [-0.25, -0.2) is 8.42 Å². The van der Waals surface area contributed by atoms with Gasteiger partial charge < -0.3 is 11.1 Å². The normalized spacial score (nSPS) is 13.0. The van der Waals surface area contributed by atoms with Crippen LogP contribution in [-0.4, -0.2) is 25.4 Å². The standard InChI is InChI=1S/C12H15F3N2O3S/c1-11(2,7-10(16)18)17-8-3-5-9(6-4-8)21(19,20)12(13,14)15/h3-6,17H,7H2,1-2H3,(H2,16,18). The van der Waals surface area contributed by atoms with Gasteiger partial charge in [-0.1, -0.05) is 0 Å². The molecule has 1 aromatic rings. The third kappa shape index (κ3) is 4.35. The topological polar surface area (TPSA) is 89.3 Å². The molecular formula is C12H15F3N2O3S. The van der Waals surface area contributed by atoms with Crippen LogP contribution in [0, 0.1) is 0 Å². The van der Waals surface area contributed by atoms with Crippen LogP contribution in [0.3, 0.4) is 0 Å². The number of carbonyl (C=O) groups is 1. The number of hydrogen-bond donors (Lipinski definition) is 2. The van der Waals surface area contributed by atoms with Gasteiger partial charge in [0.05, 0.1) is 4.90 Å². The summed E-state index contributed by atoms with van der Waals surface area (Å²) in [5, 5.41) is 2.89. The second-order valence-corrected chi connectivity index (χ2v) is 7.07. The second-order valence-electron chi connectivity index (χ2n) is 5.13. The zero-order valence-corrected chi connectivity index (χ0v) is 12.2. The van der Waals surface area contributed by atoms with E-state index in [0.717, 1.165) is 12.1 Å². The Labute approximate surface area is 120 Å². The van der Waals surface area contributed by atoms with Gasteiger partial charge in [-0.3, -0.25) is 4.79 Å². The highest BCUT2D eigenvalue weighted by Gasteiger charge is 2.46. The number of halogens is 3. The largest absolute Gasteiger partial charge is 0.501 e. The minimum absolute atomic E-state index is 0.00952. The van der Waals surface area contributed by atoms with Crippen molar-refractivity contribution in [2.75, 3.05) is 5.32 Å². The summed E-state index contributed by atoms with van der Waals surface area (Å²) in [7, 11) is -5.36. The van der Waals surface area contributed by atoms with Crippen LogP contribution in [-0.2, 0) is 14.6 Å². The second kappa shape index (κ2) is 5.55. The lowest BCUT2D eigenvalue weighted by molar-refractivity contribution is -0.118. The molecule has 9 heteroatoms. The van der Waals surface area contributed by atoms with Gasteiger partial charge in [-0.05, 0) is 38.1 Å². The van der Waals surface area contributed by atoms with Gasteiger partial charge in [0.15, 0.2) is 0 Å². The van der Waals surface area contributed by atoms with E-state index in [1.165, 1.54) is 12.1 Å². The molecule has 0 atom stereocenters. The quantitative estimate of drug-likeness (QED) is 0.867. The number of carbonyl (C=O) groups excluding carboxylic acids is 1. The molecule has 0 spiro atoms. The molecule has 21 heavy (non-hydrogen) atoms. The zero-order valence-electron chi connectivity index (χ0n) is 11.4. The monoisotopic (exact) mass is 324 g/mol. The predicted molar refractivity (Wildman–Crippen MR) is 71.2 cm³/mol. The fourth-order valence-electron chi connectivity index (χ4n) is 1.72. The Morgan fingerprint density at radius 2 is 1.67 bits per heavy atom. The summed E-state index contributed by atoms with van der Waals surface area (Å²) in [6.45, 7) is 3.36. The summed E-state index contributed by atoms with van der Waals surface area (Å²) in [6, 6.07) is 4.10. The van der Waals surface area contributed by atoms with Crippen molar-refractivity contribution >= 4 is 21.4 Å². The van der Waals surface area contributed by atoms with Crippen LogP contribution in [0.4, 0.5) is 18.9 Å². The lowest BCUT2D eigenvalue weighted by Crippen LogP contribution is -2.36. The number of sulfone groups is 1. The van der Waals surface area contributed by atoms with Crippen LogP contribution in [0.2, 0.25) is 0 Å². The number of nitrogens with two attached hydrogens (primary N) is 1. The minimum atomic E-state index is -5.36. The van der Waals surface area contributed by atoms with Crippen molar-refractivity contribution in [1.29, 1.82) is 0 Å². The molecule has 3 N–H and O–H groups in total. The van der Waals surface area contributed by atoms with E-state index in [-0.39, 0.29) is 6.42 Å². The number of rotatable bonds is 5. The molecule has 1 rings (SSSR count). The number of anilines is 1. The maximum Gasteiger partial charge on any atom is 0.501 e. The summed E-state index contributed by atoms with van der Waals surface area (Å²) < 4.78 is 59.5. The van der Waals surface area contributed by atoms with E-state index in [1.807, 2.05) is 0 Å². The van der Waals surface area contributed by atoms with Crippen LogP contribution in [0.25, 0.3) is 0 Å². The van der Waals surface area contributed by atoms with Gasteiger partial charge in [0.2, 0.25) is 5.91 Å². The number of hydrogen-bond acceptors (Lipinski definition) is 4. The van der Waals surface area contributed by atoms with E-state index in [0.29, 0.717) is 5.69 Å². The van der Waals surface area contributed by atoms with Crippen molar-refractivity contribution < 1.29 is 26.4 Å². The van der Waals surface area contributed by atoms with Gasteiger partial charge >= 0.3 is 5.51 Å². The Morgan fingerprint density at radius 1 is 1.19 bits per heavy atom. The fourth-order valence-corrected chi connectivity index (χ4v) is 2.48. The highest BCUT2D eigenvalue weighted by atomic mass is 32.2. The summed E-state index contributed by atoms with van der Waals surface area (Å²) in [5.74, 6) is -0.538. The molecule has 0 aliphatic rings. The number of amides is 1. The van der Waals surface area contributed by atoms with Crippen molar-refractivity contribution in [1.82, 2.24) is 0 Å². The maximum absolute atomic E-state index is 12.4. The van der Waals surface area contributed by atoms with Crippen molar-refractivity contribution in [3.63, 3.8) is 0 Å². The highest BCUT2D eigenvalue weighted by molar-refractivity contribution is 7.92. The lowest BCUT2D eigenvalue weighted by Gasteiger charge is -2.26. The van der Waals surface area contributed by atoms with Gasteiger partial charge in [0.25, 0.3) is 9.84 Å². The van der Waals surface area contributed by atoms with Gasteiger partial charge in [-0.2, -0.15) is 13.2 Å². The molecule has 0 unspecified atom stereocenters. The molecule has 0 aromatic heterocycles. The summed E-state index contributed by atoms with van der Waals surface area (Å²) in [6.07, 6.45) is 0.00952. The molecule has 0 aliphatic carbocycles. The van der Waals surface area contributed by atoms with Crippen LogP contribution in [0.5, 0.6) is 0 Å². The molecule has 118 valence electrons. The average molecular weight is 324 g/mol. The molecule has 0 saturated heterocycles. The first kappa shape index (κ1) is 17.3. The summed E-state index contributed by atoms with van der Waals surface area (Å²) >= 11 is 0. The first-order chi connectivity index (χ1) is 9.35. The third-order valence-corrected chi connectivity index (χ3v) is 4.07. The summed E-state index contributed by atoms with van der Waals surface area (Å²) in [5.41, 5.74) is -0.597. The lowest BCUT2D eigenvalue weighted by atomic mass is 10.00. The Balaban J connectivity index is 2.97. The molecule has 5 nitrogen and oxygen atoms in total. The van der Waals surface area contributed by atoms with E-state index >= 15 is 0 Å². The van der Waals surface area contributed by atoms with E-state index in [4.69, 9.17) is 5.73 Å². The number of primary amides is 1. The van der Waals surface area contributed by atoms with Crippen LogP contribution in [0.1, 0.15) is 20.3 Å². The van der Waals surface area contributed by atoms with E-state index in [9.17, 15) is 26.4 Å². The molecule has 0 fully saturated rings. The van der Waals surface area contributed by atoms with Crippen molar-refractivity contribution in [3.8, 4) is 0 Å². The predicted octanol–water partition coefficient (Wildman–Crippen LogP) is 2.05. The van der Waals surface area contributed by atoms with Crippen molar-refractivity contribution in [2.24, 2.45) is 5.73 Å². The number of alkyl halides is 3.